The van der Waals surface area contributed by atoms with Gasteiger partial charge in [0.1, 0.15) is 11.6 Å². The van der Waals surface area contributed by atoms with Gasteiger partial charge in [0, 0.05) is 30.9 Å². The van der Waals surface area contributed by atoms with Crippen LogP contribution < -0.4 is 14.8 Å². The monoisotopic (exact) mass is 486 g/mol. The van der Waals surface area contributed by atoms with Crippen LogP contribution in [-0.4, -0.2) is 59.9 Å². The van der Waals surface area contributed by atoms with Gasteiger partial charge in [0.05, 0.1) is 26.0 Å². The third-order valence-corrected chi connectivity index (χ3v) is 6.56. The zero-order valence-electron chi connectivity index (χ0n) is 19.1. The van der Waals surface area contributed by atoms with Crippen molar-refractivity contribution in [1.82, 2.24) is 20.1 Å². The number of nitrogens with zero attached hydrogens (tertiary/aromatic N) is 3. The molecule has 0 bridgehead atoms. The molecule has 34 heavy (non-hydrogen) atoms. The molecule has 180 valence electrons. The summed E-state index contributed by atoms with van der Waals surface area (Å²) in [5, 5.41) is 12.1. The van der Waals surface area contributed by atoms with Gasteiger partial charge in [0.2, 0.25) is 0 Å². The number of aromatic nitrogens is 3. The molecule has 0 spiro atoms. The standard InChI is InChI=1S/C24H27FN4O4S/c1-31-20-10-9-16(14-21(20)32-2)23(30)26-12-11-22-27-28-24(34-15-17-6-5-13-33-17)29(22)19-8-4-3-7-18(19)25/h3-4,7-10,14,17H,5-6,11-13,15H2,1-2H3,(H,26,30)/t17-/m1/s1. The second-order valence-corrected chi connectivity index (χ2v) is 8.69. The lowest BCUT2D eigenvalue weighted by molar-refractivity contribution is 0.0953. The zero-order chi connectivity index (χ0) is 23.9. The van der Waals surface area contributed by atoms with Crippen LogP contribution in [0.3, 0.4) is 0 Å². The molecular formula is C24H27FN4O4S. The number of benzene rings is 2. The number of thioether (sulfide) groups is 1. The fourth-order valence-electron chi connectivity index (χ4n) is 3.74. The quantitative estimate of drug-likeness (QED) is 0.438. The molecule has 0 aliphatic carbocycles. The third-order valence-electron chi connectivity index (χ3n) is 5.50. The van der Waals surface area contributed by atoms with Crippen molar-refractivity contribution in [3.8, 4) is 17.2 Å². The Morgan fingerprint density at radius 3 is 2.76 bits per heavy atom. The van der Waals surface area contributed by atoms with Crippen LogP contribution in [0.1, 0.15) is 29.0 Å². The van der Waals surface area contributed by atoms with Gasteiger partial charge in [0.25, 0.3) is 5.91 Å². The van der Waals surface area contributed by atoms with Crippen molar-refractivity contribution in [3.05, 3.63) is 59.7 Å². The molecular weight excluding hydrogens is 459 g/mol. The van der Waals surface area contributed by atoms with Crippen LogP contribution in [0.25, 0.3) is 5.69 Å². The van der Waals surface area contributed by atoms with Crippen molar-refractivity contribution < 1.29 is 23.4 Å². The molecule has 1 fully saturated rings. The molecule has 0 unspecified atom stereocenters. The fraction of sp³-hybridized carbons (Fsp3) is 0.375. The summed E-state index contributed by atoms with van der Waals surface area (Å²) in [5.41, 5.74) is 0.824. The lowest BCUT2D eigenvalue weighted by Gasteiger charge is -2.13. The predicted octanol–water partition coefficient (Wildman–Crippen LogP) is 3.67. The van der Waals surface area contributed by atoms with Crippen molar-refractivity contribution in [2.24, 2.45) is 0 Å². The highest BCUT2D eigenvalue weighted by molar-refractivity contribution is 7.99. The largest absolute Gasteiger partial charge is 0.493 e. The van der Waals surface area contributed by atoms with Crippen LogP contribution in [0.2, 0.25) is 0 Å². The molecule has 1 aliphatic rings. The van der Waals surface area contributed by atoms with Crippen molar-refractivity contribution in [1.29, 1.82) is 0 Å². The SMILES string of the molecule is COc1ccc(C(=O)NCCc2nnc(SC[C@H]3CCCO3)n2-c2ccccc2F)cc1OC. The highest BCUT2D eigenvalue weighted by Gasteiger charge is 2.21. The summed E-state index contributed by atoms with van der Waals surface area (Å²) in [6.07, 6.45) is 2.60. The first-order chi connectivity index (χ1) is 16.6. The van der Waals surface area contributed by atoms with Gasteiger partial charge in [0.15, 0.2) is 16.7 Å². The summed E-state index contributed by atoms with van der Waals surface area (Å²) >= 11 is 1.50. The molecule has 1 atom stereocenters. The summed E-state index contributed by atoms with van der Waals surface area (Å²) in [5.74, 6) is 1.69. The van der Waals surface area contributed by atoms with Crippen LogP contribution in [0, 0.1) is 5.82 Å². The molecule has 10 heteroatoms. The molecule has 2 aromatic carbocycles. The second-order valence-electron chi connectivity index (χ2n) is 7.71. The minimum absolute atomic E-state index is 0.167. The van der Waals surface area contributed by atoms with Gasteiger partial charge in [-0.05, 0) is 43.2 Å². The Morgan fingerprint density at radius 1 is 1.21 bits per heavy atom. The van der Waals surface area contributed by atoms with E-state index in [-0.39, 0.29) is 17.8 Å². The first-order valence-corrected chi connectivity index (χ1v) is 12.0. The van der Waals surface area contributed by atoms with E-state index in [1.54, 1.807) is 41.0 Å². The number of methoxy groups -OCH3 is 2. The Labute approximate surface area is 201 Å². The Morgan fingerprint density at radius 2 is 2.03 bits per heavy atom. The molecule has 1 aliphatic heterocycles. The van der Waals surface area contributed by atoms with Crippen molar-refractivity contribution in [3.63, 3.8) is 0 Å². The Hall–Kier alpha value is -3.11. The number of hydrogen-bond acceptors (Lipinski definition) is 7. The molecule has 1 aromatic heterocycles. The van der Waals surface area contributed by atoms with Gasteiger partial charge in [-0.15, -0.1) is 10.2 Å². The van der Waals surface area contributed by atoms with E-state index in [0.717, 1.165) is 25.2 Å². The lowest BCUT2D eigenvalue weighted by Crippen LogP contribution is -2.26. The molecule has 4 rings (SSSR count). The number of rotatable bonds is 10. The maximum absolute atomic E-state index is 14.7. The third kappa shape index (κ3) is 5.51. The van der Waals surface area contributed by atoms with Crippen molar-refractivity contribution >= 4 is 17.7 Å². The maximum Gasteiger partial charge on any atom is 0.251 e. The van der Waals surface area contributed by atoms with Crippen molar-refractivity contribution in [2.75, 3.05) is 33.1 Å². The van der Waals surface area contributed by atoms with Crippen molar-refractivity contribution in [2.45, 2.75) is 30.5 Å². The van der Waals surface area contributed by atoms with E-state index in [9.17, 15) is 9.18 Å². The average molecular weight is 487 g/mol. The first kappa shape index (κ1) is 24.0. The summed E-state index contributed by atoms with van der Waals surface area (Å²) in [7, 11) is 3.06. The molecule has 1 saturated heterocycles. The minimum atomic E-state index is -0.364. The Bertz CT molecular complexity index is 1130. The number of para-hydroxylation sites is 1. The molecule has 3 aromatic rings. The normalized spacial score (nSPS) is 15.3. The molecule has 8 nitrogen and oxygen atoms in total. The van der Waals surface area contributed by atoms with E-state index in [4.69, 9.17) is 14.2 Å². The fourth-order valence-corrected chi connectivity index (χ4v) is 4.77. The van der Waals surface area contributed by atoms with Gasteiger partial charge in [-0.2, -0.15) is 0 Å². The number of amides is 1. The summed E-state index contributed by atoms with van der Waals surface area (Å²) < 4.78 is 32.6. The Balaban J connectivity index is 1.47. The van der Waals surface area contributed by atoms with Gasteiger partial charge in [-0.3, -0.25) is 9.36 Å². The molecule has 2 heterocycles. The van der Waals surface area contributed by atoms with E-state index < -0.39 is 0 Å². The highest BCUT2D eigenvalue weighted by atomic mass is 32.2. The lowest BCUT2D eigenvalue weighted by atomic mass is 10.2. The number of carbonyl (C=O) groups excluding carboxylic acids is 1. The minimum Gasteiger partial charge on any atom is -0.493 e. The number of ether oxygens (including phenoxy) is 3. The smallest absolute Gasteiger partial charge is 0.251 e. The number of carbonyl (C=O) groups is 1. The second kappa shape index (κ2) is 11.3. The van der Waals surface area contributed by atoms with Crippen LogP contribution in [-0.2, 0) is 11.2 Å². The molecule has 0 radical (unpaired) electrons. The van der Waals surface area contributed by atoms with E-state index in [1.807, 2.05) is 0 Å². The highest BCUT2D eigenvalue weighted by Crippen LogP contribution is 2.28. The van der Waals surface area contributed by atoms with Crippen LogP contribution in [0.4, 0.5) is 4.39 Å². The maximum atomic E-state index is 14.7. The molecule has 0 saturated carbocycles. The van der Waals surface area contributed by atoms with Crippen LogP contribution in [0.5, 0.6) is 11.5 Å². The average Bonchev–Trinajstić information content (AvgIpc) is 3.52. The first-order valence-electron chi connectivity index (χ1n) is 11.0. The van der Waals surface area contributed by atoms with E-state index >= 15 is 0 Å². The molecule has 1 N–H and O–H groups in total. The van der Waals surface area contributed by atoms with E-state index in [2.05, 4.69) is 15.5 Å². The van der Waals surface area contributed by atoms with Gasteiger partial charge in [-0.1, -0.05) is 23.9 Å². The summed E-state index contributed by atoms with van der Waals surface area (Å²) in [4.78, 5) is 12.6. The number of halogens is 1. The van der Waals surface area contributed by atoms with Gasteiger partial charge in [-0.25, -0.2) is 4.39 Å². The van der Waals surface area contributed by atoms with Gasteiger partial charge >= 0.3 is 0 Å². The topological polar surface area (TPSA) is 87.5 Å². The summed E-state index contributed by atoms with van der Waals surface area (Å²) in [6.45, 7) is 1.08. The zero-order valence-corrected chi connectivity index (χ0v) is 19.9. The van der Waals surface area contributed by atoms with Crippen LogP contribution in [0.15, 0.2) is 47.6 Å². The number of hydrogen-bond donors (Lipinski definition) is 1. The number of nitrogens with one attached hydrogen (secondary N) is 1. The Kier molecular flexibility index (Phi) is 8.02. The van der Waals surface area contributed by atoms with E-state index in [1.165, 1.54) is 32.0 Å². The van der Waals surface area contributed by atoms with E-state index in [0.29, 0.717) is 46.7 Å². The van der Waals surface area contributed by atoms with Gasteiger partial charge < -0.3 is 19.5 Å². The summed E-state index contributed by atoms with van der Waals surface area (Å²) in [6, 6.07) is 11.5. The van der Waals surface area contributed by atoms with Crippen LogP contribution >= 0.6 is 11.8 Å². The molecule has 1 amide bonds. The predicted molar refractivity (Wildman–Crippen MR) is 127 cm³/mol.